The van der Waals surface area contributed by atoms with Crippen LogP contribution in [0.2, 0.25) is 0 Å². The SMILES string of the molecule is CCCCCCCCn1cccc1P. The first-order chi connectivity index (χ1) is 6.84. The van der Waals surface area contributed by atoms with Crippen LogP contribution in [0.3, 0.4) is 0 Å². The zero-order valence-corrected chi connectivity index (χ0v) is 10.4. The van der Waals surface area contributed by atoms with Crippen LogP contribution in [-0.4, -0.2) is 4.57 Å². The summed E-state index contributed by atoms with van der Waals surface area (Å²) in [5, 5.41) is 0. The highest BCUT2D eigenvalue weighted by atomic mass is 31.0. The average molecular weight is 211 g/mol. The lowest BCUT2D eigenvalue weighted by atomic mass is 10.1. The molecule has 1 nitrogen and oxygen atoms in total. The number of rotatable bonds is 7. The van der Waals surface area contributed by atoms with Crippen LogP contribution >= 0.6 is 9.24 Å². The molecule has 0 aliphatic carbocycles. The lowest BCUT2D eigenvalue weighted by molar-refractivity contribution is 0.564. The van der Waals surface area contributed by atoms with E-state index in [2.05, 4.69) is 39.1 Å². The predicted molar refractivity (Wildman–Crippen MR) is 67.2 cm³/mol. The van der Waals surface area contributed by atoms with Crippen molar-refractivity contribution in [2.75, 3.05) is 0 Å². The summed E-state index contributed by atoms with van der Waals surface area (Å²) in [5.41, 5.74) is 1.30. The fraction of sp³-hybridized carbons (Fsp3) is 0.667. The van der Waals surface area contributed by atoms with E-state index in [1.165, 1.54) is 50.5 Å². The number of aromatic nitrogens is 1. The Morgan fingerprint density at radius 2 is 1.86 bits per heavy atom. The van der Waals surface area contributed by atoms with Crippen molar-refractivity contribution < 1.29 is 0 Å². The van der Waals surface area contributed by atoms with E-state index in [0.717, 1.165) is 0 Å². The molecule has 0 amide bonds. The Morgan fingerprint density at radius 1 is 1.14 bits per heavy atom. The predicted octanol–water partition coefficient (Wildman–Crippen LogP) is 3.35. The van der Waals surface area contributed by atoms with Gasteiger partial charge in [0.05, 0.1) is 0 Å². The molecule has 14 heavy (non-hydrogen) atoms. The topological polar surface area (TPSA) is 4.93 Å². The second-order valence-corrected chi connectivity index (χ2v) is 4.49. The first-order valence-corrected chi connectivity index (χ1v) is 6.33. The maximum atomic E-state index is 2.78. The molecule has 0 bridgehead atoms. The summed E-state index contributed by atoms with van der Waals surface area (Å²) in [6.07, 6.45) is 10.4. The molecule has 1 rings (SSSR count). The first-order valence-electron chi connectivity index (χ1n) is 5.75. The molecule has 0 aliphatic rings. The molecular weight excluding hydrogens is 189 g/mol. The number of aryl methyl sites for hydroxylation is 1. The third-order valence-electron chi connectivity index (χ3n) is 2.62. The molecule has 0 aliphatic heterocycles. The van der Waals surface area contributed by atoms with E-state index >= 15 is 0 Å². The van der Waals surface area contributed by atoms with Crippen molar-refractivity contribution in [3.05, 3.63) is 18.3 Å². The molecule has 0 spiro atoms. The van der Waals surface area contributed by atoms with Gasteiger partial charge in [-0.2, -0.15) is 0 Å². The van der Waals surface area contributed by atoms with Crippen molar-refractivity contribution in [1.29, 1.82) is 0 Å². The Morgan fingerprint density at radius 3 is 2.50 bits per heavy atom. The van der Waals surface area contributed by atoms with Gasteiger partial charge >= 0.3 is 0 Å². The van der Waals surface area contributed by atoms with Crippen LogP contribution < -0.4 is 5.44 Å². The molecule has 0 radical (unpaired) electrons. The Hall–Kier alpha value is -0.290. The molecular formula is C12H22NP. The number of hydrogen-bond acceptors (Lipinski definition) is 0. The Kier molecular flexibility index (Phi) is 5.94. The van der Waals surface area contributed by atoms with Crippen molar-refractivity contribution >= 4 is 14.7 Å². The molecule has 0 N–H and O–H groups in total. The molecule has 0 aromatic carbocycles. The monoisotopic (exact) mass is 211 g/mol. The first kappa shape index (κ1) is 11.8. The molecule has 0 fully saturated rings. The van der Waals surface area contributed by atoms with E-state index in [0.29, 0.717) is 0 Å². The maximum absolute atomic E-state index is 2.78. The second kappa shape index (κ2) is 7.06. The van der Waals surface area contributed by atoms with Gasteiger partial charge in [-0.25, -0.2) is 0 Å². The fourth-order valence-electron chi connectivity index (χ4n) is 1.69. The van der Waals surface area contributed by atoms with E-state index in [-0.39, 0.29) is 0 Å². The molecule has 0 saturated heterocycles. The average Bonchev–Trinajstić information content (AvgIpc) is 2.58. The molecule has 1 unspecified atom stereocenters. The maximum Gasteiger partial charge on any atom is 0.0347 e. The molecule has 1 heterocycles. The Balaban J connectivity index is 2.02. The molecule has 80 valence electrons. The summed E-state index contributed by atoms with van der Waals surface area (Å²) in [7, 11) is 2.78. The highest BCUT2D eigenvalue weighted by Gasteiger charge is 1.94. The van der Waals surface area contributed by atoms with Gasteiger partial charge < -0.3 is 4.57 Å². The number of unbranched alkanes of at least 4 members (excludes halogenated alkanes) is 5. The van der Waals surface area contributed by atoms with E-state index in [4.69, 9.17) is 0 Å². The van der Waals surface area contributed by atoms with Crippen LogP contribution in [0.1, 0.15) is 45.4 Å². The lowest BCUT2D eigenvalue weighted by Gasteiger charge is -2.05. The molecule has 0 saturated carbocycles. The summed E-state index contributed by atoms with van der Waals surface area (Å²) in [6, 6.07) is 4.25. The minimum atomic E-state index is 1.18. The van der Waals surface area contributed by atoms with Crippen molar-refractivity contribution in [2.45, 2.75) is 52.0 Å². The smallest absolute Gasteiger partial charge is 0.0347 e. The molecule has 1 atom stereocenters. The summed E-state index contributed by atoms with van der Waals surface area (Å²) in [6.45, 7) is 3.44. The summed E-state index contributed by atoms with van der Waals surface area (Å²) < 4.78 is 2.31. The molecule has 1 aromatic heterocycles. The summed E-state index contributed by atoms with van der Waals surface area (Å²) in [5.74, 6) is 0. The van der Waals surface area contributed by atoms with Crippen molar-refractivity contribution in [3.8, 4) is 0 Å². The normalized spacial score (nSPS) is 10.7. The van der Waals surface area contributed by atoms with Crippen LogP contribution in [0.15, 0.2) is 18.3 Å². The third-order valence-corrected chi connectivity index (χ3v) is 3.14. The Labute approximate surface area is 90.1 Å². The summed E-state index contributed by atoms with van der Waals surface area (Å²) >= 11 is 0. The lowest BCUT2D eigenvalue weighted by Crippen LogP contribution is -2.08. The highest BCUT2D eigenvalue weighted by Crippen LogP contribution is 2.06. The van der Waals surface area contributed by atoms with E-state index < -0.39 is 0 Å². The van der Waals surface area contributed by atoms with E-state index in [1.54, 1.807) is 0 Å². The largest absolute Gasteiger partial charge is 0.348 e. The van der Waals surface area contributed by atoms with Gasteiger partial charge in [-0.05, 0) is 18.6 Å². The van der Waals surface area contributed by atoms with Crippen molar-refractivity contribution in [2.24, 2.45) is 0 Å². The van der Waals surface area contributed by atoms with Gasteiger partial charge in [0.25, 0.3) is 0 Å². The fourth-order valence-corrected chi connectivity index (χ4v) is 2.02. The van der Waals surface area contributed by atoms with Gasteiger partial charge in [0.1, 0.15) is 0 Å². The zero-order chi connectivity index (χ0) is 10.2. The minimum Gasteiger partial charge on any atom is -0.348 e. The van der Waals surface area contributed by atoms with E-state index in [9.17, 15) is 0 Å². The van der Waals surface area contributed by atoms with Gasteiger partial charge in [-0.1, -0.05) is 48.3 Å². The van der Waals surface area contributed by atoms with Crippen LogP contribution in [0, 0.1) is 0 Å². The summed E-state index contributed by atoms with van der Waals surface area (Å²) in [4.78, 5) is 0. The van der Waals surface area contributed by atoms with Gasteiger partial charge in [0.2, 0.25) is 0 Å². The minimum absolute atomic E-state index is 1.18. The second-order valence-electron chi connectivity index (χ2n) is 3.89. The van der Waals surface area contributed by atoms with Gasteiger partial charge in [0.15, 0.2) is 0 Å². The van der Waals surface area contributed by atoms with Crippen molar-refractivity contribution in [3.63, 3.8) is 0 Å². The number of hydrogen-bond donors (Lipinski definition) is 0. The quantitative estimate of drug-likeness (QED) is 0.481. The Bertz CT molecular complexity index is 242. The molecule has 1 aromatic rings. The van der Waals surface area contributed by atoms with Crippen LogP contribution in [0.4, 0.5) is 0 Å². The van der Waals surface area contributed by atoms with Crippen LogP contribution in [0.25, 0.3) is 0 Å². The van der Waals surface area contributed by atoms with Crippen LogP contribution in [0.5, 0.6) is 0 Å². The molecule has 2 heteroatoms. The van der Waals surface area contributed by atoms with Crippen LogP contribution in [-0.2, 0) is 6.54 Å². The van der Waals surface area contributed by atoms with Crippen molar-refractivity contribution in [1.82, 2.24) is 4.57 Å². The number of nitrogens with zero attached hydrogens (tertiary/aromatic N) is 1. The van der Waals surface area contributed by atoms with Gasteiger partial charge in [-0.15, -0.1) is 0 Å². The van der Waals surface area contributed by atoms with Gasteiger partial charge in [0, 0.05) is 18.2 Å². The highest BCUT2D eigenvalue weighted by molar-refractivity contribution is 7.27. The zero-order valence-electron chi connectivity index (χ0n) is 9.21. The third kappa shape index (κ3) is 4.28. The standard InChI is InChI=1S/C12H22NP/c1-2-3-4-5-6-7-10-13-11-8-9-12(13)14/h8-9,11H,2-7,10,14H2,1H3. The van der Waals surface area contributed by atoms with E-state index in [1.807, 2.05) is 0 Å². The van der Waals surface area contributed by atoms with Gasteiger partial charge in [-0.3, -0.25) is 0 Å².